The van der Waals surface area contributed by atoms with Crippen LogP contribution in [0.2, 0.25) is 0 Å². The molecule has 0 atom stereocenters. The molecule has 0 amide bonds. The number of anilines is 1. The number of aromatic hydroxyl groups is 1. The highest BCUT2D eigenvalue weighted by Crippen LogP contribution is 2.39. The number of rotatable bonds is 2. The van der Waals surface area contributed by atoms with Gasteiger partial charge in [0.2, 0.25) is 0 Å². The number of nitrogens with two attached hydrogens (primary N) is 1. The topological polar surface area (TPSA) is 46.2 Å². The van der Waals surface area contributed by atoms with Crippen LogP contribution in [0.1, 0.15) is 52.2 Å². The summed E-state index contributed by atoms with van der Waals surface area (Å²) in [6.07, 6.45) is 1.06. The molecule has 0 aliphatic rings. The van der Waals surface area contributed by atoms with E-state index in [1.807, 2.05) is 12.1 Å². The van der Waals surface area contributed by atoms with Gasteiger partial charge in [-0.05, 0) is 47.4 Å². The van der Waals surface area contributed by atoms with Crippen LogP contribution in [0.5, 0.6) is 5.75 Å². The summed E-state index contributed by atoms with van der Waals surface area (Å²) in [7, 11) is 0. The van der Waals surface area contributed by atoms with Gasteiger partial charge in [-0.25, -0.2) is 0 Å². The van der Waals surface area contributed by atoms with Crippen LogP contribution in [0.4, 0.5) is 5.69 Å². The van der Waals surface area contributed by atoms with E-state index in [-0.39, 0.29) is 16.6 Å². The third-order valence-electron chi connectivity index (χ3n) is 3.08. The monoisotopic (exact) mass is 235 g/mol. The molecule has 0 heterocycles. The van der Waals surface area contributed by atoms with Crippen molar-refractivity contribution < 1.29 is 5.11 Å². The van der Waals surface area contributed by atoms with Crippen LogP contribution in [-0.2, 0) is 5.41 Å². The third-order valence-corrected chi connectivity index (χ3v) is 3.08. The molecule has 0 saturated heterocycles. The van der Waals surface area contributed by atoms with Gasteiger partial charge in [-0.1, -0.05) is 34.6 Å². The van der Waals surface area contributed by atoms with E-state index in [1.54, 1.807) is 0 Å². The predicted molar refractivity (Wildman–Crippen MR) is 74.4 cm³/mol. The standard InChI is InChI=1S/C15H25NO/c1-10-7-12(16)13(17)8-11(10)15(5,6)9-14(2,3)4/h7-8,17H,9,16H2,1-6H3. The molecule has 0 fully saturated rings. The molecule has 2 nitrogen and oxygen atoms in total. The van der Waals surface area contributed by atoms with E-state index < -0.39 is 0 Å². The highest BCUT2D eigenvalue weighted by Gasteiger charge is 2.29. The van der Waals surface area contributed by atoms with Gasteiger partial charge in [0, 0.05) is 0 Å². The molecule has 17 heavy (non-hydrogen) atoms. The zero-order valence-electron chi connectivity index (χ0n) is 11.9. The molecule has 3 N–H and O–H groups in total. The highest BCUT2D eigenvalue weighted by atomic mass is 16.3. The van der Waals surface area contributed by atoms with Crippen LogP contribution >= 0.6 is 0 Å². The molecule has 1 rings (SSSR count). The Morgan fingerprint density at radius 2 is 1.65 bits per heavy atom. The summed E-state index contributed by atoms with van der Waals surface area (Å²) in [5, 5.41) is 9.76. The van der Waals surface area contributed by atoms with E-state index in [0.717, 1.165) is 12.0 Å². The smallest absolute Gasteiger partial charge is 0.138 e. The lowest BCUT2D eigenvalue weighted by molar-refractivity contribution is 0.283. The largest absolute Gasteiger partial charge is 0.506 e. The van der Waals surface area contributed by atoms with Crippen molar-refractivity contribution in [2.45, 2.75) is 53.4 Å². The Morgan fingerprint density at radius 1 is 1.12 bits per heavy atom. The van der Waals surface area contributed by atoms with Gasteiger partial charge in [-0.15, -0.1) is 0 Å². The molecule has 1 aromatic rings. The van der Waals surface area contributed by atoms with Crippen LogP contribution in [0.25, 0.3) is 0 Å². The lowest BCUT2D eigenvalue weighted by atomic mass is 9.71. The first kappa shape index (κ1) is 13.9. The quantitative estimate of drug-likeness (QED) is 0.601. The molecule has 0 unspecified atom stereocenters. The Bertz CT molecular complexity index is 414. The fourth-order valence-corrected chi connectivity index (χ4v) is 2.87. The second-order valence-corrected chi connectivity index (χ2v) is 6.85. The summed E-state index contributed by atoms with van der Waals surface area (Å²) >= 11 is 0. The van der Waals surface area contributed by atoms with Gasteiger partial charge in [0.15, 0.2) is 0 Å². The zero-order chi connectivity index (χ0) is 13.4. The molecule has 96 valence electrons. The minimum atomic E-state index is 0.0352. The molecule has 2 heteroatoms. The minimum absolute atomic E-state index is 0.0352. The Hall–Kier alpha value is -1.18. The van der Waals surface area contributed by atoms with Gasteiger partial charge in [-0.2, -0.15) is 0 Å². The summed E-state index contributed by atoms with van der Waals surface area (Å²) in [5.74, 6) is 0.188. The Labute approximate surface area is 105 Å². The van der Waals surface area contributed by atoms with Gasteiger partial charge in [0.25, 0.3) is 0 Å². The molecular weight excluding hydrogens is 210 g/mol. The summed E-state index contributed by atoms with van der Waals surface area (Å²) in [6.45, 7) is 13.2. The summed E-state index contributed by atoms with van der Waals surface area (Å²) in [5.41, 5.74) is 8.79. The Kier molecular flexibility index (Phi) is 3.47. The fourth-order valence-electron chi connectivity index (χ4n) is 2.87. The van der Waals surface area contributed by atoms with Crippen molar-refractivity contribution in [1.82, 2.24) is 0 Å². The summed E-state index contributed by atoms with van der Waals surface area (Å²) in [6, 6.07) is 3.67. The lowest BCUT2D eigenvalue weighted by Gasteiger charge is -2.34. The molecule has 0 radical (unpaired) electrons. The highest BCUT2D eigenvalue weighted by molar-refractivity contribution is 5.57. The number of benzene rings is 1. The number of nitrogen functional groups attached to an aromatic ring is 1. The van der Waals surface area contributed by atoms with Crippen molar-refractivity contribution in [3.63, 3.8) is 0 Å². The summed E-state index contributed by atoms with van der Waals surface area (Å²) < 4.78 is 0. The molecule has 0 bridgehead atoms. The average molecular weight is 235 g/mol. The minimum Gasteiger partial charge on any atom is -0.506 e. The van der Waals surface area contributed by atoms with Crippen LogP contribution < -0.4 is 5.73 Å². The second kappa shape index (κ2) is 4.25. The van der Waals surface area contributed by atoms with Crippen LogP contribution in [0.15, 0.2) is 12.1 Å². The normalized spacial score (nSPS) is 12.8. The third kappa shape index (κ3) is 3.39. The Balaban J connectivity index is 3.19. The maximum atomic E-state index is 9.76. The van der Waals surface area contributed by atoms with E-state index >= 15 is 0 Å². The number of phenolic OH excluding ortho intramolecular Hbond substituents is 1. The number of aryl methyl sites for hydroxylation is 1. The van der Waals surface area contributed by atoms with Crippen LogP contribution in [-0.4, -0.2) is 5.11 Å². The number of hydrogen-bond acceptors (Lipinski definition) is 2. The fraction of sp³-hybridized carbons (Fsp3) is 0.600. The maximum absolute atomic E-state index is 9.76. The van der Waals surface area contributed by atoms with Gasteiger partial charge in [-0.3, -0.25) is 0 Å². The van der Waals surface area contributed by atoms with Crippen molar-refractivity contribution >= 4 is 5.69 Å². The van der Waals surface area contributed by atoms with Crippen LogP contribution in [0, 0.1) is 12.3 Å². The van der Waals surface area contributed by atoms with Crippen LogP contribution in [0.3, 0.4) is 0 Å². The van der Waals surface area contributed by atoms with Crippen molar-refractivity contribution in [1.29, 1.82) is 0 Å². The van der Waals surface area contributed by atoms with E-state index in [4.69, 9.17) is 5.73 Å². The second-order valence-electron chi connectivity index (χ2n) is 6.85. The number of phenols is 1. The molecular formula is C15H25NO. The Morgan fingerprint density at radius 3 is 2.12 bits per heavy atom. The van der Waals surface area contributed by atoms with E-state index in [9.17, 15) is 5.11 Å². The maximum Gasteiger partial charge on any atom is 0.138 e. The number of hydrogen-bond donors (Lipinski definition) is 2. The van der Waals surface area contributed by atoms with E-state index in [0.29, 0.717) is 5.69 Å². The molecule has 0 aliphatic heterocycles. The first-order valence-electron chi connectivity index (χ1n) is 6.12. The molecule has 0 aliphatic carbocycles. The van der Waals surface area contributed by atoms with E-state index in [2.05, 4.69) is 41.5 Å². The van der Waals surface area contributed by atoms with Gasteiger partial charge < -0.3 is 10.8 Å². The van der Waals surface area contributed by atoms with Gasteiger partial charge >= 0.3 is 0 Å². The van der Waals surface area contributed by atoms with Crippen molar-refractivity contribution in [2.75, 3.05) is 5.73 Å². The molecule has 0 spiro atoms. The van der Waals surface area contributed by atoms with E-state index in [1.165, 1.54) is 5.56 Å². The van der Waals surface area contributed by atoms with Crippen molar-refractivity contribution in [3.8, 4) is 5.75 Å². The zero-order valence-corrected chi connectivity index (χ0v) is 11.9. The first-order chi connectivity index (χ1) is 7.53. The predicted octanol–water partition coefficient (Wildman–Crippen LogP) is 4.00. The van der Waals surface area contributed by atoms with Gasteiger partial charge in [0.05, 0.1) is 5.69 Å². The van der Waals surface area contributed by atoms with Crippen molar-refractivity contribution in [3.05, 3.63) is 23.3 Å². The summed E-state index contributed by atoms with van der Waals surface area (Å²) in [4.78, 5) is 0. The first-order valence-corrected chi connectivity index (χ1v) is 6.12. The SMILES string of the molecule is Cc1cc(N)c(O)cc1C(C)(C)CC(C)(C)C. The molecule has 0 saturated carbocycles. The molecule has 1 aromatic carbocycles. The average Bonchev–Trinajstić information content (AvgIpc) is 2.06. The van der Waals surface area contributed by atoms with Crippen molar-refractivity contribution in [2.24, 2.45) is 5.41 Å². The van der Waals surface area contributed by atoms with Gasteiger partial charge in [0.1, 0.15) is 5.75 Å². The lowest BCUT2D eigenvalue weighted by Crippen LogP contribution is -2.25. The molecule has 0 aromatic heterocycles.